The maximum absolute atomic E-state index is 6.04. The van der Waals surface area contributed by atoms with E-state index in [1.165, 1.54) is 0 Å². The largest absolute Gasteiger partial charge is 0.436 e. The van der Waals surface area contributed by atoms with Gasteiger partial charge in [0.25, 0.3) is 0 Å². The molecule has 3 heterocycles. The Balaban J connectivity index is 0.749. The predicted octanol–water partition coefficient (Wildman–Crippen LogP) is 18.9. The highest BCUT2D eigenvalue weighted by molar-refractivity contribution is 5.89. The molecule has 8 heteroatoms. The van der Waals surface area contributed by atoms with E-state index in [4.69, 9.17) is 18.8 Å². The Labute approximate surface area is 450 Å². The zero-order valence-corrected chi connectivity index (χ0v) is 42.1. The van der Waals surface area contributed by atoms with E-state index in [-0.39, 0.29) is 0 Å². The lowest BCUT2D eigenvalue weighted by Gasteiger charge is -2.26. The molecule has 0 aliphatic rings. The number of oxazole rings is 2. The van der Waals surface area contributed by atoms with Gasteiger partial charge in [-0.2, -0.15) is 0 Å². The highest BCUT2D eigenvalue weighted by Crippen LogP contribution is 2.41. The van der Waals surface area contributed by atoms with Crippen LogP contribution in [0.15, 0.2) is 288 Å². The molecule has 0 radical (unpaired) electrons. The van der Waals surface area contributed by atoms with E-state index in [0.717, 1.165) is 123 Å². The Hall–Kier alpha value is -10.7. The van der Waals surface area contributed by atoms with Crippen LogP contribution in [-0.4, -0.2) is 19.9 Å². The van der Waals surface area contributed by atoms with Crippen LogP contribution >= 0.6 is 0 Å². The molecule has 368 valence electrons. The van der Waals surface area contributed by atoms with Crippen molar-refractivity contribution >= 4 is 67.4 Å². The molecule has 3 aromatic heterocycles. The fourth-order valence-corrected chi connectivity index (χ4v) is 10.2. The summed E-state index contributed by atoms with van der Waals surface area (Å²) < 4.78 is 12.1. The summed E-state index contributed by atoms with van der Waals surface area (Å²) in [6.45, 7) is 0. The maximum atomic E-state index is 6.04. The van der Waals surface area contributed by atoms with Gasteiger partial charge in [0.05, 0.1) is 22.4 Å². The van der Waals surface area contributed by atoms with Gasteiger partial charge in [-0.05, 0) is 156 Å². The first-order valence-electron chi connectivity index (χ1n) is 25.9. The highest BCUT2D eigenvalue weighted by Gasteiger charge is 2.19. The zero-order chi connectivity index (χ0) is 51.8. The van der Waals surface area contributed by atoms with Crippen molar-refractivity contribution in [2.75, 3.05) is 9.80 Å². The highest BCUT2D eigenvalue weighted by atomic mass is 16.4. The van der Waals surface area contributed by atoms with Crippen molar-refractivity contribution in [3.8, 4) is 67.7 Å². The number of aromatic nitrogens is 4. The van der Waals surface area contributed by atoms with Gasteiger partial charge in [0.2, 0.25) is 11.8 Å². The summed E-state index contributed by atoms with van der Waals surface area (Å²) in [7, 11) is 0. The molecule has 0 unspecified atom stereocenters. The van der Waals surface area contributed by atoms with Crippen molar-refractivity contribution in [2.45, 2.75) is 0 Å². The van der Waals surface area contributed by atoms with Gasteiger partial charge in [-0.3, -0.25) is 0 Å². The van der Waals surface area contributed by atoms with Crippen LogP contribution in [0.4, 0.5) is 34.1 Å². The smallest absolute Gasteiger partial charge is 0.227 e. The molecule has 8 nitrogen and oxygen atoms in total. The van der Waals surface area contributed by atoms with E-state index in [0.29, 0.717) is 11.8 Å². The van der Waals surface area contributed by atoms with Gasteiger partial charge in [0.1, 0.15) is 11.0 Å². The molecule has 14 rings (SSSR count). The minimum atomic E-state index is 0.615. The van der Waals surface area contributed by atoms with E-state index < -0.39 is 0 Å². The van der Waals surface area contributed by atoms with Crippen molar-refractivity contribution in [2.24, 2.45) is 0 Å². The number of para-hydroxylation sites is 8. The normalized spacial score (nSPS) is 11.3. The number of benzene rings is 11. The quantitative estimate of drug-likeness (QED) is 0.120. The number of nitrogens with zero attached hydrogens (tertiary/aromatic N) is 6. The molecular weight excluding hydrogens is 957 g/mol. The predicted molar refractivity (Wildman–Crippen MR) is 317 cm³/mol. The van der Waals surface area contributed by atoms with Gasteiger partial charge in [-0.15, -0.1) is 0 Å². The standard InChI is InChI=1S/C70H46N6O2/c1-3-13-55(14-4-1)75(57-39-31-49(32-40-57)47-23-27-53(28-24-47)69-73-63-19-9-11-21-65(63)77-69)59-43-35-51(36-44-59)67-68(72-62-18-8-7-17-61(62)71-67)52-37-45-60(46-38-52)76(56-15-5-2-6-16-56)58-41-33-50(34-42-58)48-25-29-54(30-26-48)70-74-64-20-10-12-22-66(64)78-70/h1-46H. The lowest BCUT2D eigenvalue weighted by atomic mass is 10.0. The third-order valence-electron chi connectivity index (χ3n) is 14.2. The topological polar surface area (TPSA) is 84.3 Å². The summed E-state index contributed by atoms with van der Waals surface area (Å²) in [4.78, 5) is 24.5. The van der Waals surface area contributed by atoms with Gasteiger partial charge in [0.15, 0.2) is 11.2 Å². The average molecular weight is 1000 g/mol. The molecule has 0 aliphatic heterocycles. The van der Waals surface area contributed by atoms with Gasteiger partial charge < -0.3 is 18.6 Å². The van der Waals surface area contributed by atoms with Crippen LogP contribution in [0.5, 0.6) is 0 Å². The first-order chi connectivity index (χ1) is 38.6. The molecule has 11 aromatic carbocycles. The number of hydrogen-bond donors (Lipinski definition) is 0. The molecule has 0 atom stereocenters. The van der Waals surface area contributed by atoms with Crippen molar-refractivity contribution in [3.05, 3.63) is 279 Å². The van der Waals surface area contributed by atoms with E-state index >= 15 is 0 Å². The molecule has 0 aliphatic carbocycles. The first kappa shape index (κ1) is 45.9. The van der Waals surface area contributed by atoms with Crippen LogP contribution in [-0.2, 0) is 0 Å². The Morgan fingerprint density at radius 2 is 0.462 bits per heavy atom. The summed E-state index contributed by atoms with van der Waals surface area (Å²) in [6, 6.07) is 96.2. The molecule has 78 heavy (non-hydrogen) atoms. The van der Waals surface area contributed by atoms with E-state index in [1.54, 1.807) is 0 Å². The van der Waals surface area contributed by atoms with Crippen LogP contribution < -0.4 is 9.80 Å². The molecule has 0 spiro atoms. The molecule has 0 N–H and O–H groups in total. The van der Waals surface area contributed by atoms with Gasteiger partial charge in [-0.1, -0.05) is 146 Å². The third kappa shape index (κ3) is 8.89. The molecular formula is C70H46N6O2. The second-order valence-electron chi connectivity index (χ2n) is 19.1. The minimum absolute atomic E-state index is 0.615. The number of hydrogen-bond acceptors (Lipinski definition) is 8. The van der Waals surface area contributed by atoms with Crippen molar-refractivity contribution in [1.29, 1.82) is 0 Å². The summed E-state index contributed by atoms with van der Waals surface area (Å²) in [5.74, 6) is 1.23. The van der Waals surface area contributed by atoms with E-state index in [2.05, 4.69) is 214 Å². The second kappa shape index (κ2) is 19.9. The fraction of sp³-hybridized carbons (Fsp3) is 0. The first-order valence-corrected chi connectivity index (χ1v) is 25.9. The third-order valence-corrected chi connectivity index (χ3v) is 14.2. The maximum Gasteiger partial charge on any atom is 0.227 e. The summed E-state index contributed by atoms with van der Waals surface area (Å²) in [5.41, 5.74) is 21.0. The number of fused-ring (bicyclic) bond motifs is 3. The van der Waals surface area contributed by atoms with Crippen LogP contribution in [0.1, 0.15) is 0 Å². The molecule has 0 fully saturated rings. The molecule has 14 aromatic rings. The summed E-state index contributed by atoms with van der Waals surface area (Å²) in [6.07, 6.45) is 0. The fourth-order valence-electron chi connectivity index (χ4n) is 10.2. The van der Waals surface area contributed by atoms with Crippen molar-refractivity contribution in [3.63, 3.8) is 0 Å². The summed E-state index contributed by atoms with van der Waals surface area (Å²) in [5, 5.41) is 0. The van der Waals surface area contributed by atoms with Gasteiger partial charge in [0, 0.05) is 56.4 Å². The van der Waals surface area contributed by atoms with Gasteiger partial charge in [-0.25, -0.2) is 19.9 Å². The Morgan fingerprint density at radius 1 is 0.205 bits per heavy atom. The zero-order valence-electron chi connectivity index (χ0n) is 42.1. The van der Waals surface area contributed by atoms with Crippen molar-refractivity contribution in [1.82, 2.24) is 19.9 Å². The molecule has 0 amide bonds. The van der Waals surface area contributed by atoms with Crippen LogP contribution in [0.3, 0.4) is 0 Å². The Bertz CT molecular complexity index is 4040. The average Bonchev–Trinajstić information content (AvgIpc) is 4.24. The molecule has 0 saturated carbocycles. The SMILES string of the molecule is c1ccc(N(c2ccc(-c3ccc(-c4nc5ccccc5o4)cc3)cc2)c2ccc(-c3nc4ccccc4nc3-c3ccc(N(c4ccccc4)c4ccc(-c5ccc(-c6nc7ccccc7o6)cc5)cc4)cc3)cc2)cc1. The monoisotopic (exact) mass is 1000 g/mol. The lowest BCUT2D eigenvalue weighted by molar-refractivity contribution is 0.619. The van der Waals surface area contributed by atoms with E-state index in [1.807, 2.05) is 84.9 Å². The Kier molecular flexibility index (Phi) is 11.7. The second-order valence-corrected chi connectivity index (χ2v) is 19.1. The van der Waals surface area contributed by atoms with Crippen molar-refractivity contribution < 1.29 is 8.83 Å². The number of rotatable bonds is 12. The molecule has 0 saturated heterocycles. The van der Waals surface area contributed by atoms with Crippen LogP contribution in [0.25, 0.3) is 101 Å². The van der Waals surface area contributed by atoms with Crippen LogP contribution in [0.2, 0.25) is 0 Å². The Morgan fingerprint density at radius 3 is 0.795 bits per heavy atom. The number of anilines is 6. The van der Waals surface area contributed by atoms with Gasteiger partial charge >= 0.3 is 0 Å². The lowest BCUT2D eigenvalue weighted by Crippen LogP contribution is -2.10. The van der Waals surface area contributed by atoms with Crippen LogP contribution in [0, 0.1) is 0 Å². The van der Waals surface area contributed by atoms with E-state index in [9.17, 15) is 0 Å². The minimum Gasteiger partial charge on any atom is -0.436 e. The summed E-state index contributed by atoms with van der Waals surface area (Å²) >= 11 is 0. The molecule has 0 bridgehead atoms.